The Balaban J connectivity index is 1.61. The fourth-order valence-corrected chi connectivity index (χ4v) is 3.17. The number of benzene rings is 1. The predicted molar refractivity (Wildman–Crippen MR) is 91.0 cm³/mol. The number of aromatic nitrogens is 1. The van der Waals surface area contributed by atoms with Gasteiger partial charge in [-0.1, -0.05) is 17.7 Å². The molecule has 1 aliphatic rings. The molecule has 0 radical (unpaired) electrons. The summed E-state index contributed by atoms with van der Waals surface area (Å²) in [6, 6.07) is 7.52. The molecule has 2 heterocycles. The van der Waals surface area contributed by atoms with Crippen molar-refractivity contribution in [1.29, 1.82) is 0 Å². The second kappa shape index (κ2) is 6.78. The maximum absolute atomic E-state index is 12.1. The molecule has 3 amide bonds. The van der Waals surface area contributed by atoms with Gasteiger partial charge in [0, 0.05) is 24.2 Å². The number of rotatable bonds is 4. The monoisotopic (exact) mass is 330 g/mol. The number of thiazole rings is 1. The number of nitrogens with one attached hydrogen (secondary N) is 2. The van der Waals surface area contributed by atoms with Crippen molar-refractivity contribution in [3.8, 4) is 0 Å². The van der Waals surface area contributed by atoms with Crippen molar-refractivity contribution in [3.63, 3.8) is 0 Å². The lowest BCUT2D eigenvalue weighted by Crippen LogP contribution is -2.46. The van der Waals surface area contributed by atoms with Gasteiger partial charge in [0.2, 0.25) is 5.91 Å². The van der Waals surface area contributed by atoms with E-state index in [1.54, 1.807) is 4.90 Å². The van der Waals surface area contributed by atoms with E-state index < -0.39 is 0 Å². The highest BCUT2D eigenvalue weighted by molar-refractivity contribution is 7.14. The number of carbonyl (C=O) groups excluding carboxylic acids is 2. The molecule has 1 saturated heterocycles. The summed E-state index contributed by atoms with van der Waals surface area (Å²) in [5, 5.41) is 8.10. The third-order valence-electron chi connectivity index (χ3n) is 3.53. The van der Waals surface area contributed by atoms with Crippen LogP contribution in [0.25, 0.3) is 0 Å². The normalized spacial score (nSPS) is 14.5. The first-order valence-corrected chi connectivity index (χ1v) is 8.36. The smallest absolute Gasteiger partial charge is 0.323 e. The summed E-state index contributed by atoms with van der Waals surface area (Å²) >= 11 is 1.38. The van der Waals surface area contributed by atoms with Crippen LogP contribution in [0.1, 0.15) is 17.7 Å². The fraction of sp³-hybridized carbons (Fsp3) is 0.312. The number of anilines is 2. The molecule has 23 heavy (non-hydrogen) atoms. The van der Waals surface area contributed by atoms with Gasteiger partial charge >= 0.3 is 6.03 Å². The number of hydrogen-bond acceptors (Lipinski definition) is 4. The van der Waals surface area contributed by atoms with Crippen LogP contribution in [-0.4, -0.2) is 30.0 Å². The number of hydrogen-bond donors (Lipinski definition) is 2. The summed E-state index contributed by atoms with van der Waals surface area (Å²) in [4.78, 5) is 29.9. The first kappa shape index (κ1) is 15.5. The molecule has 6 nitrogen and oxygen atoms in total. The number of carbonyl (C=O) groups is 2. The highest BCUT2D eigenvalue weighted by Crippen LogP contribution is 2.22. The number of amides is 3. The molecule has 7 heteroatoms. The lowest BCUT2D eigenvalue weighted by Gasteiger charge is -2.24. The van der Waals surface area contributed by atoms with Crippen LogP contribution in [0.3, 0.4) is 0 Å². The summed E-state index contributed by atoms with van der Waals surface area (Å²) in [5.74, 6) is -0.117. The van der Waals surface area contributed by atoms with Gasteiger partial charge in [-0.2, -0.15) is 0 Å². The topological polar surface area (TPSA) is 74.3 Å². The van der Waals surface area contributed by atoms with Crippen LogP contribution < -0.4 is 15.5 Å². The van der Waals surface area contributed by atoms with Crippen LogP contribution in [0.4, 0.5) is 15.6 Å². The second-order valence-electron chi connectivity index (χ2n) is 5.45. The zero-order chi connectivity index (χ0) is 16.2. The molecule has 0 saturated carbocycles. The van der Waals surface area contributed by atoms with E-state index in [0.717, 1.165) is 17.7 Å². The Morgan fingerprint density at radius 2 is 2.17 bits per heavy atom. The van der Waals surface area contributed by atoms with Crippen molar-refractivity contribution in [2.75, 3.05) is 23.3 Å². The molecule has 0 spiro atoms. The van der Waals surface area contributed by atoms with E-state index in [4.69, 9.17) is 0 Å². The molecule has 1 aromatic heterocycles. The van der Waals surface area contributed by atoms with E-state index in [0.29, 0.717) is 23.9 Å². The Morgan fingerprint density at radius 3 is 2.91 bits per heavy atom. The summed E-state index contributed by atoms with van der Waals surface area (Å²) in [6.07, 6.45) is 1.09. The van der Waals surface area contributed by atoms with E-state index >= 15 is 0 Å². The van der Waals surface area contributed by atoms with Crippen LogP contribution in [0.5, 0.6) is 0 Å². The number of nitrogens with zero attached hydrogens (tertiary/aromatic N) is 2. The van der Waals surface area contributed by atoms with Crippen molar-refractivity contribution < 1.29 is 9.59 Å². The molecule has 1 aromatic carbocycles. The maximum atomic E-state index is 12.1. The largest absolute Gasteiger partial charge is 0.338 e. The van der Waals surface area contributed by atoms with E-state index in [9.17, 15) is 9.59 Å². The number of aryl methyl sites for hydroxylation is 1. The molecule has 120 valence electrons. The van der Waals surface area contributed by atoms with Crippen LogP contribution >= 0.6 is 11.3 Å². The highest BCUT2D eigenvalue weighted by Gasteiger charge is 2.22. The Morgan fingerprint density at radius 1 is 1.39 bits per heavy atom. The first-order valence-electron chi connectivity index (χ1n) is 7.48. The van der Waals surface area contributed by atoms with Gasteiger partial charge in [0.25, 0.3) is 0 Å². The van der Waals surface area contributed by atoms with E-state index in [2.05, 4.69) is 15.6 Å². The minimum Gasteiger partial charge on any atom is -0.338 e. The van der Waals surface area contributed by atoms with Crippen LogP contribution in [0.2, 0.25) is 0 Å². The summed E-state index contributed by atoms with van der Waals surface area (Å²) in [5.41, 5.74) is 2.59. The van der Waals surface area contributed by atoms with Crippen LogP contribution in [-0.2, 0) is 11.2 Å². The van der Waals surface area contributed by atoms with Gasteiger partial charge in [-0.3, -0.25) is 9.69 Å². The molecule has 2 aromatic rings. The average molecular weight is 330 g/mol. The average Bonchev–Trinajstić information content (AvgIpc) is 2.98. The first-order chi connectivity index (χ1) is 11.1. The van der Waals surface area contributed by atoms with Gasteiger partial charge in [-0.25, -0.2) is 9.78 Å². The minimum atomic E-state index is -0.124. The molecule has 1 aliphatic heterocycles. The third kappa shape index (κ3) is 3.87. The zero-order valence-corrected chi connectivity index (χ0v) is 13.7. The molecule has 1 fully saturated rings. The number of urea groups is 1. The third-order valence-corrected chi connectivity index (χ3v) is 4.44. The van der Waals surface area contributed by atoms with Crippen molar-refractivity contribution in [2.24, 2.45) is 0 Å². The fourth-order valence-electron chi connectivity index (χ4n) is 2.32. The maximum Gasteiger partial charge on any atom is 0.323 e. The van der Waals surface area contributed by atoms with Crippen molar-refractivity contribution in [2.45, 2.75) is 19.8 Å². The van der Waals surface area contributed by atoms with E-state index in [-0.39, 0.29) is 18.4 Å². The molecule has 2 N–H and O–H groups in total. The van der Waals surface area contributed by atoms with Crippen LogP contribution in [0.15, 0.2) is 29.6 Å². The second-order valence-corrected chi connectivity index (χ2v) is 6.29. The van der Waals surface area contributed by atoms with Crippen molar-refractivity contribution in [1.82, 2.24) is 10.3 Å². The molecule has 0 aliphatic carbocycles. The van der Waals surface area contributed by atoms with Crippen molar-refractivity contribution >= 4 is 34.1 Å². The molecule has 0 bridgehead atoms. The van der Waals surface area contributed by atoms with E-state index in [1.807, 2.05) is 36.6 Å². The highest BCUT2D eigenvalue weighted by atomic mass is 32.1. The van der Waals surface area contributed by atoms with Gasteiger partial charge in [-0.15, -0.1) is 11.3 Å². The van der Waals surface area contributed by atoms with Gasteiger partial charge in [0.05, 0.1) is 12.1 Å². The van der Waals surface area contributed by atoms with Gasteiger partial charge < -0.3 is 10.6 Å². The summed E-state index contributed by atoms with van der Waals surface area (Å²) in [7, 11) is 0. The molecule has 0 unspecified atom stereocenters. The quantitative estimate of drug-likeness (QED) is 0.905. The SMILES string of the molecule is Cc1ccc(NC(=O)Cc2csc(N3CCCNC3=O)n2)cc1. The zero-order valence-electron chi connectivity index (χ0n) is 12.8. The van der Waals surface area contributed by atoms with Gasteiger partial charge in [-0.05, 0) is 25.5 Å². The summed E-state index contributed by atoms with van der Waals surface area (Å²) < 4.78 is 0. The molecule has 0 atom stereocenters. The molecular formula is C16H18N4O2S. The Hall–Kier alpha value is -2.41. The lowest BCUT2D eigenvalue weighted by atomic mass is 10.2. The van der Waals surface area contributed by atoms with Gasteiger partial charge in [0.15, 0.2) is 5.13 Å². The van der Waals surface area contributed by atoms with Gasteiger partial charge in [0.1, 0.15) is 0 Å². The van der Waals surface area contributed by atoms with E-state index in [1.165, 1.54) is 11.3 Å². The standard InChI is InChI=1S/C16H18N4O2S/c1-11-3-5-12(6-4-11)18-14(21)9-13-10-23-16(19-13)20-8-2-7-17-15(20)22/h3-6,10H,2,7-9H2,1H3,(H,17,22)(H,18,21). The molecular weight excluding hydrogens is 312 g/mol. The van der Waals surface area contributed by atoms with Crippen molar-refractivity contribution in [3.05, 3.63) is 40.9 Å². The molecule has 3 rings (SSSR count). The summed E-state index contributed by atoms with van der Waals surface area (Å²) in [6.45, 7) is 3.36. The minimum absolute atomic E-state index is 0.117. The lowest BCUT2D eigenvalue weighted by molar-refractivity contribution is -0.115. The van der Waals surface area contributed by atoms with Crippen LogP contribution in [0, 0.1) is 6.92 Å². The Bertz CT molecular complexity index is 711. The predicted octanol–water partition coefficient (Wildman–Crippen LogP) is 2.55. The Labute approximate surface area is 138 Å². The Kier molecular flexibility index (Phi) is 4.57.